The van der Waals surface area contributed by atoms with Crippen LogP contribution in [0.25, 0.3) is 11.1 Å². The number of hydrogen-bond donors (Lipinski definition) is 1. The SMILES string of the molecule is Cn1ccc(-c2csc(C3CCN(C(=O)O[C@H]4C5CC6CC4C[C@](C(N)=O)(C6)C5)C3)c2)cc1=O. The molecule has 0 radical (unpaired) electrons. The van der Waals surface area contributed by atoms with E-state index in [2.05, 4.69) is 11.4 Å². The van der Waals surface area contributed by atoms with Crippen molar-refractivity contribution in [3.05, 3.63) is 45.0 Å². The van der Waals surface area contributed by atoms with Gasteiger partial charge in [0.15, 0.2) is 0 Å². The number of carbonyl (C=O) groups excluding carboxylic acids is 2. The fraction of sp³-hybridized carbons (Fsp3) is 0.577. The maximum absolute atomic E-state index is 13.1. The van der Waals surface area contributed by atoms with Crippen LogP contribution in [0, 0.1) is 23.2 Å². The number of nitrogens with zero attached hydrogens (tertiary/aromatic N) is 2. The summed E-state index contributed by atoms with van der Waals surface area (Å²) in [6.45, 7) is 1.35. The maximum atomic E-state index is 13.1. The largest absolute Gasteiger partial charge is 0.446 e. The van der Waals surface area contributed by atoms with E-state index in [1.807, 2.05) is 11.0 Å². The van der Waals surface area contributed by atoms with Crippen molar-refractivity contribution < 1.29 is 14.3 Å². The number of nitrogens with two attached hydrogens (primary N) is 1. The van der Waals surface area contributed by atoms with E-state index in [1.165, 1.54) is 4.88 Å². The first-order valence-corrected chi connectivity index (χ1v) is 13.2. The fourth-order valence-corrected chi connectivity index (χ4v) is 8.31. The average molecular weight is 482 g/mol. The molecule has 8 heteroatoms. The molecule has 4 saturated carbocycles. The second kappa shape index (κ2) is 7.97. The number of primary amides is 1. The van der Waals surface area contributed by atoms with Gasteiger partial charge in [0.1, 0.15) is 6.10 Å². The van der Waals surface area contributed by atoms with Crippen molar-refractivity contribution in [1.82, 2.24) is 9.47 Å². The molecule has 0 spiro atoms. The minimum absolute atomic E-state index is 0.0217. The summed E-state index contributed by atoms with van der Waals surface area (Å²) in [6.07, 6.45) is 6.98. The van der Waals surface area contributed by atoms with Crippen LogP contribution in [0.1, 0.15) is 49.3 Å². The smallest absolute Gasteiger partial charge is 0.410 e. The second-order valence-electron chi connectivity index (χ2n) is 11.0. The number of hydrogen-bond acceptors (Lipinski definition) is 5. The van der Waals surface area contributed by atoms with E-state index in [4.69, 9.17) is 10.5 Å². The molecule has 4 bridgehead atoms. The summed E-state index contributed by atoms with van der Waals surface area (Å²) in [5.74, 6) is 1.20. The van der Waals surface area contributed by atoms with E-state index in [0.717, 1.165) is 49.7 Å². The van der Waals surface area contributed by atoms with Gasteiger partial charge in [-0.2, -0.15) is 0 Å². The van der Waals surface area contributed by atoms with Crippen LogP contribution < -0.4 is 11.3 Å². The summed E-state index contributed by atoms with van der Waals surface area (Å²) in [6, 6.07) is 5.77. The highest BCUT2D eigenvalue weighted by Gasteiger charge is 2.59. The molecule has 1 saturated heterocycles. The Morgan fingerprint density at radius 1 is 1.15 bits per heavy atom. The molecular formula is C26H31N3O4S. The number of ether oxygens (including phenoxy) is 1. The fourth-order valence-electron chi connectivity index (χ4n) is 7.27. The van der Waals surface area contributed by atoms with Crippen LogP contribution in [0.2, 0.25) is 0 Å². The highest BCUT2D eigenvalue weighted by Crippen LogP contribution is 2.60. The maximum Gasteiger partial charge on any atom is 0.410 e. The normalized spacial score (nSPS) is 33.9. The quantitative estimate of drug-likeness (QED) is 0.720. The van der Waals surface area contributed by atoms with Crippen LogP contribution in [0.15, 0.2) is 34.6 Å². The Bertz CT molecular complexity index is 1190. The molecule has 2 aromatic rings. The van der Waals surface area contributed by atoms with Gasteiger partial charge in [0.2, 0.25) is 5.91 Å². The van der Waals surface area contributed by atoms with Crippen molar-refractivity contribution >= 4 is 23.3 Å². The van der Waals surface area contributed by atoms with Crippen molar-refractivity contribution in [2.45, 2.75) is 50.5 Å². The Labute approximate surface area is 202 Å². The third-order valence-electron chi connectivity index (χ3n) is 8.85. The lowest BCUT2D eigenvalue weighted by atomic mass is 9.48. The van der Waals surface area contributed by atoms with Crippen LogP contribution >= 0.6 is 11.3 Å². The first-order valence-electron chi connectivity index (χ1n) is 12.3. The van der Waals surface area contributed by atoms with Crippen molar-refractivity contribution in [2.24, 2.45) is 36.0 Å². The molecule has 2 aromatic heterocycles. The van der Waals surface area contributed by atoms with Gasteiger partial charge in [-0.1, -0.05) is 0 Å². The molecule has 1 aliphatic heterocycles. The zero-order valence-corrected chi connectivity index (χ0v) is 20.3. The topological polar surface area (TPSA) is 94.6 Å². The first-order chi connectivity index (χ1) is 16.3. The van der Waals surface area contributed by atoms with Gasteiger partial charge in [0.25, 0.3) is 5.56 Å². The van der Waals surface area contributed by atoms with E-state index < -0.39 is 0 Å². The van der Waals surface area contributed by atoms with E-state index in [0.29, 0.717) is 19.0 Å². The Kier molecular flexibility index (Phi) is 5.13. The van der Waals surface area contributed by atoms with Crippen LogP contribution in [-0.4, -0.2) is 40.7 Å². The number of aryl methyl sites for hydroxylation is 1. The van der Waals surface area contributed by atoms with Gasteiger partial charge < -0.3 is 19.9 Å². The zero-order chi connectivity index (χ0) is 23.6. The Morgan fingerprint density at radius 2 is 1.91 bits per heavy atom. The van der Waals surface area contributed by atoms with Crippen LogP contribution in [-0.2, 0) is 16.6 Å². The third-order valence-corrected chi connectivity index (χ3v) is 9.95. The Hall–Kier alpha value is -2.61. The number of thiophene rings is 1. The van der Waals surface area contributed by atoms with Gasteiger partial charge in [-0.25, -0.2) is 4.79 Å². The van der Waals surface area contributed by atoms with Gasteiger partial charge >= 0.3 is 6.09 Å². The molecule has 5 aliphatic rings. The number of carbonyl (C=O) groups is 2. The minimum atomic E-state index is -0.363. The van der Waals surface area contributed by atoms with Gasteiger partial charge in [-0.3, -0.25) is 9.59 Å². The molecule has 4 aliphatic carbocycles. The van der Waals surface area contributed by atoms with Gasteiger partial charge in [-0.15, -0.1) is 11.3 Å². The molecule has 34 heavy (non-hydrogen) atoms. The summed E-state index contributed by atoms with van der Waals surface area (Å²) in [5, 5.41) is 2.09. The molecule has 7 nitrogen and oxygen atoms in total. The van der Waals surface area contributed by atoms with E-state index in [9.17, 15) is 14.4 Å². The first kappa shape index (κ1) is 21.9. The number of aromatic nitrogens is 1. The summed E-state index contributed by atoms with van der Waals surface area (Å²) in [7, 11) is 1.75. The number of likely N-dealkylation sites (tertiary alicyclic amines) is 1. The highest BCUT2D eigenvalue weighted by molar-refractivity contribution is 7.10. The predicted octanol–water partition coefficient (Wildman–Crippen LogP) is 3.72. The number of rotatable bonds is 4. The molecule has 2 amide bonds. The molecule has 2 N–H and O–H groups in total. The van der Waals surface area contributed by atoms with Gasteiger partial charge in [-0.05, 0) is 84.9 Å². The lowest BCUT2D eigenvalue weighted by Crippen LogP contribution is -2.59. The van der Waals surface area contributed by atoms with Gasteiger partial charge in [0.05, 0.1) is 5.41 Å². The second-order valence-corrected chi connectivity index (χ2v) is 11.9. The van der Waals surface area contributed by atoms with Crippen molar-refractivity contribution in [3.8, 4) is 11.1 Å². The van der Waals surface area contributed by atoms with E-state index in [1.54, 1.807) is 35.2 Å². The molecule has 7 rings (SSSR count). The lowest BCUT2D eigenvalue weighted by molar-refractivity contribution is -0.161. The summed E-state index contributed by atoms with van der Waals surface area (Å²) < 4.78 is 7.68. The zero-order valence-electron chi connectivity index (χ0n) is 19.4. The monoisotopic (exact) mass is 481 g/mol. The lowest BCUT2D eigenvalue weighted by Gasteiger charge is -2.58. The standard InChI is InChI=1S/C26H31N3O4S/c1-28-4-2-16(9-22(28)30)20-8-21(34-14-20)17-3-5-29(13-17)25(32)33-23-18-6-15-7-19(23)12-26(10-15,11-18)24(27)31/h2,4,8-9,14-15,17-19,23H,3,5-7,10-13H2,1H3,(H2,27,31)/t15?,17?,18?,19?,23-,26-. The molecule has 3 atom stereocenters. The Balaban J connectivity index is 1.10. The van der Waals surface area contributed by atoms with Crippen molar-refractivity contribution in [3.63, 3.8) is 0 Å². The third kappa shape index (κ3) is 3.58. The summed E-state index contributed by atoms with van der Waals surface area (Å²) in [5.41, 5.74) is 7.38. The van der Waals surface area contributed by atoms with Gasteiger partial charge in [0, 0.05) is 43.2 Å². The molecular weight excluding hydrogens is 450 g/mol. The van der Waals surface area contributed by atoms with Crippen molar-refractivity contribution in [2.75, 3.05) is 13.1 Å². The highest BCUT2D eigenvalue weighted by atomic mass is 32.1. The summed E-state index contributed by atoms with van der Waals surface area (Å²) in [4.78, 5) is 40.3. The minimum Gasteiger partial charge on any atom is -0.446 e. The molecule has 5 fully saturated rings. The molecule has 3 unspecified atom stereocenters. The number of pyridine rings is 1. The summed E-state index contributed by atoms with van der Waals surface area (Å²) >= 11 is 1.69. The van der Waals surface area contributed by atoms with E-state index >= 15 is 0 Å². The molecule has 0 aromatic carbocycles. The average Bonchev–Trinajstić information content (AvgIpc) is 3.47. The van der Waals surface area contributed by atoms with Crippen LogP contribution in [0.4, 0.5) is 4.79 Å². The van der Waals surface area contributed by atoms with Crippen LogP contribution in [0.3, 0.4) is 0 Å². The molecule has 3 heterocycles. The van der Waals surface area contributed by atoms with E-state index in [-0.39, 0.29) is 46.8 Å². The van der Waals surface area contributed by atoms with Crippen LogP contribution in [0.5, 0.6) is 0 Å². The predicted molar refractivity (Wildman–Crippen MR) is 129 cm³/mol. The van der Waals surface area contributed by atoms with Crippen molar-refractivity contribution in [1.29, 1.82) is 0 Å². The molecule has 180 valence electrons. The Morgan fingerprint density at radius 3 is 2.62 bits per heavy atom. The number of amides is 2.